The molecule has 16 atom stereocenters. The first kappa shape index (κ1) is 62.1. The number of benzene rings is 5. The van der Waals surface area contributed by atoms with E-state index in [1.807, 2.05) is 18.5 Å². The third-order valence-electron chi connectivity index (χ3n) is 26.6. The van der Waals surface area contributed by atoms with Crippen LogP contribution in [0.5, 0.6) is 28.7 Å². The van der Waals surface area contributed by atoms with Crippen molar-refractivity contribution in [3.8, 4) is 28.7 Å². The molecule has 5 saturated heterocycles. The van der Waals surface area contributed by atoms with Crippen LogP contribution in [0.3, 0.4) is 0 Å². The van der Waals surface area contributed by atoms with E-state index in [1.54, 1.807) is 18.2 Å². The molecule has 15 heteroatoms. The van der Waals surface area contributed by atoms with Gasteiger partial charge in [-0.1, -0.05) is 131 Å². The molecule has 6 aliphatic heterocycles. The minimum Gasteiger partial charge on any atom is -0.507 e. The number of imidazole rings is 1. The lowest BCUT2D eigenvalue weighted by Crippen LogP contribution is -2.79. The van der Waals surface area contributed by atoms with Crippen molar-refractivity contribution in [2.75, 3.05) is 37.8 Å². The molecule has 0 amide bonds. The maximum Gasteiger partial charge on any atom is 0.169 e. The standard InChI is InChI=1S/C80H92N6O7S2/c87-67-23-15-48(33-70(67)90)14-21-59-60-9-4-10-68(88)72(60)74(92)73(91)61(59)22-13-47-11-16-51(17-12-47)64-37-77-38-65-53(35-62(66(39-77)85-65)50-6-2-1-3-7-50)40-81-41-54(52-34-58(83-42-52)32-49-25-30-93-31-26-49)44-94-95-45-57-19-18-56-36-63(77)76(86-64)80(71-43-82-46-84-71)75-69(89)24-20-55-8-5-27-78(55,75)28-29-79(56,57)80/h1-4,6-7,9-12,14-17,20-21,23-24,33-35,42-43,46,49,54-57,62-66,69,75-76,81,83,85-92H,5,8,13,18-19,22,25-32,36-41,44-45H2,(H,82,84)/b21-14+/t54-,55-,56+,57+,62+,63-,64-,65-,66+,69-,75-,76+,77-,78+,79-,80+/m1/s1. The van der Waals surface area contributed by atoms with Gasteiger partial charge in [-0.05, 0) is 211 Å². The van der Waals surface area contributed by atoms with Crippen molar-refractivity contribution in [3.05, 3.63) is 190 Å². The topological polar surface area (TPSA) is 211 Å². The van der Waals surface area contributed by atoms with Crippen molar-refractivity contribution in [3.63, 3.8) is 0 Å². The Morgan fingerprint density at radius 2 is 1.55 bits per heavy atom. The number of hydrogen-bond acceptors (Lipinski definition) is 13. The van der Waals surface area contributed by atoms with Crippen LogP contribution >= 0.6 is 21.6 Å². The zero-order valence-corrected chi connectivity index (χ0v) is 55.9. The maximum atomic E-state index is 13.6. The smallest absolute Gasteiger partial charge is 0.169 e. The Kier molecular flexibility index (Phi) is 16.2. The van der Waals surface area contributed by atoms with E-state index < -0.39 is 11.5 Å². The number of hydrogen-bond donors (Lipinski definition) is 11. The molecule has 4 saturated carbocycles. The van der Waals surface area contributed by atoms with E-state index in [2.05, 4.69) is 133 Å². The summed E-state index contributed by atoms with van der Waals surface area (Å²) in [5.74, 6) is 3.75. The normalized spacial score (nSPS) is 35.2. The van der Waals surface area contributed by atoms with Crippen LogP contribution < -0.4 is 16.0 Å². The molecule has 0 radical (unpaired) electrons. The first-order valence-corrected chi connectivity index (χ1v) is 38.2. The summed E-state index contributed by atoms with van der Waals surface area (Å²) >= 11 is 0. The Bertz CT molecular complexity index is 4080. The number of H-pyrrole nitrogens is 2. The lowest BCUT2D eigenvalue weighted by molar-refractivity contribution is -0.228. The highest BCUT2D eigenvalue weighted by Gasteiger charge is 2.80. The molecule has 11 N–H and O–H groups in total. The number of aliphatic hydroxyl groups is 1. The average molecular weight is 1310 g/mol. The Labute approximate surface area is 566 Å². The Balaban J connectivity index is 0.781. The van der Waals surface area contributed by atoms with Gasteiger partial charge in [0.05, 0.1) is 17.8 Å². The summed E-state index contributed by atoms with van der Waals surface area (Å²) in [6, 6.07) is 33.3. The SMILES string of the molecule is Oc1ccc(/C=C/c2c(CCc3ccc([C@H]4C[C@]56C[C@@H]7N[C@H](C5)C(=C[C@H]7c5ccccc5)CNC[C@@H](c5c[nH]c(CC7CCOCC7)c5)CSSC[C@@H]5CC[C@H]7C[C@@H]6[C@H](N4)[C@]4(c6cnc[nH]6)[C@@H]6[C@H](O)C=C[C@H]8CCC[C@@]68CC[C@]574)cc3)c(O)c(O)c3c(O)cccc23)cc1O. The Morgan fingerprint density at radius 3 is 2.39 bits per heavy atom. The number of piperidine rings is 2. The van der Waals surface area contributed by atoms with E-state index in [1.165, 1.54) is 90.4 Å². The predicted octanol–water partition coefficient (Wildman–Crippen LogP) is 14.4. The van der Waals surface area contributed by atoms with E-state index in [4.69, 9.17) is 15.0 Å². The molecule has 5 aliphatic carbocycles. The van der Waals surface area contributed by atoms with Crippen molar-refractivity contribution >= 4 is 44.5 Å². The van der Waals surface area contributed by atoms with Gasteiger partial charge in [0.2, 0.25) is 0 Å². The molecule has 2 aromatic heterocycles. The molecule has 496 valence electrons. The summed E-state index contributed by atoms with van der Waals surface area (Å²) in [5.41, 5.74) is 10.4. The number of nitrogens with zero attached hydrogens (tertiary/aromatic N) is 1. The fourth-order valence-electron chi connectivity index (χ4n) is 22.6. The van der Waals surface area contributed by atoms with Crippen molar-refractivity contribution < 1.29 is 35.4 Å². The average Bonchev–Trinajstić information content (AvgIpc) is 1.64. The lowest BCUT2D eigenvalue weighted by atomic mass is 9.30. The molecule has 95 heavy (non-hydrogen) atoms. The third kappa shape index (κ3) is 10.3. The summed E-state index contributed by atoms with van der Waals surface area (Å²) in [6.07, 6.45) is 33.8. The number of ether oxygens (including phenoxy) is 1. The molecule has 11 aliphatic rings. The first-order valence-electron chi connectivity index (χ1n) is 35.7. The van der Waals surface area contributed by atoms with Gasteiger partial charge in [0, 0.05) is 114 Å². The molecule has 13 nitrogen and oxygen atoms in total. The molecule has 7 aromatic rings. The van der Waals surface area contributed by atoms with Gasteiger partial charge in [0.25, 0.3) is 0 Å². The van der Waals surface area contributed by atoms with E-state index in [9.17, 15) is 30.6 Å². The maximum absolute atomic E-state index is 13.6. The van der Waals surface area contributed by atoms with E-state index >= 15 is 0 Å². The van der Waals surface area contributed by atoms with Crippen LogP contribution in [0.25, 0.3) is 22.9 Å². The fourth-order valence-corrected chi connectivity index (χ4v) is 25.5. The summed E-state index contributed by atoms with van der Waals surface area (Å²) < 4.78 is 5.77. The number of phenolic OH excluding ortho intramolecular Hbond substituents is 5. The van der Waals surface area contributed by atoms with Crippen molar-refractivity contribution in [1.29, 1.82) is 0 Å². The second-order valence-corrected chi connectivity index (χ2v) is 33.2. The van der Waals surface area contributed by atoms with Crippen molar-refractivity contribution in [2.24, 2.45) is 51.8 Å². The number of fused-ring (bicyclic) bond motifs is 9. The fraction of sp³-hybridized carbons (Fsp3) is 0.487. The van der Waals surface area contributed by atoms with E-state index in [0.29, 0.717) is 70.4 Å². The van der Waals surface area contributed by atoms with Crippen LogP contribution in [0.15, 0.2) is 140 Å². The summed E-state index contributed by atoms with van der Waals surface area (Å²) in [5, 5.41) is 82.7. The van der Waals surface area contributed by atoms with Crippen LogP contribution in [0.2, 0.25) is 0 Å². The Hall–Kier alpha value is -6.43. The number of aromatic hydroxyl groups is 5. The number of nitrogens with one attached hydrogen (secondary N) is 5. The predicted molar refractivity (Wildman–Crippen MR) is 379 cm³/mol. The summed E-state index contributed by atoms with van der Waals surface area (Å²) in [4.78, 5) is 12.9. The van der Waals surface area contributed by atoms with Gasteiger partial charge in [-0.3, -0.25) is 0 Å². The number of aromatic nitrogens is 3. The van der Waals surface area contributed by atoms with Gasteiger partial charge in [-0.2, -0.15) is 0 Å². The molecule has 5 aromatic carbocycles. The highest BCUT2D eigenvalue weighted by Crippen LogP contribution is 2.80. The Morgan fingerprint density at radius 1 is 0.705 bits per heavy atom. The number of phenols is 5. The number of aryl methyl sites for hydroxylation is 1. The van der Waals surface area contributed by atoms with Crippen LogP contribution in [0.4, 0.5) is 0 Å². The molecule has 8 bridgehead atoms. The minimum atomic E-state index is -0.597. The highest BCUT2D eigenvalue weighted by atomic mass is 33.1. The zero-order valence-electron chi connectivity index (χ0n) is 54.3. The highest BCUT2D eigenvalue weighted by molar-refractivity contribution is 8.76. The molecular formula is C80H92N6O7S2. The van der Waals surface area contributed by atoms with Crippen LogP contribution in [0, 0.1) is 51.8 Å². The van der Waals surface area contributed by atoms with Gasteiger partial charge in [0.15, 0.2) is 23.0 Å². The number of rotatable bonds is 11. The zero-order chi connectivity index (χ0) is 64.2. The van der Waals surface area contributed by atoms with Gasteiger partial charge in [0.1, 0.15) is 5.75 Å². The molecule has 18 rings (SSSR count). The summed E-state index contributed by atoms with van der Waals surface area (Å²) in [6.45, 7) is 3.45. The van der Waals surface area contributed by atoms with E-state index in [-0.39, 0.29) is 86.4 Å². The molecule has 8 heterocycles. The number of allylic oxidation sites excluding steroid dienone is 1. The number of aliphatic hydroxyl groups excluding tert-OH is 1. The van der Waals surface area contributed by atoms with Crippen LogP contribution in [0.1, 0.15) is 152 Å². The lowest BCUT2D eigenvalue weighted by Gasteiger charge is -2.76. The third-order valence-corrected chi connectivity index (χ3v) is 29.1. The molecular weight excluding hydrogens is 1220 g/mol. The minimum absolute atomic E-state index is 0.00215. The second kappa shape index (κ2) is 24.8. The van der Waals surface area contributed by atoms with E-state index in [0.717, 1.165) is 94.7 Å². The molecule has 3 spiro atoms. The van der Waals surface area contributed by atoms with Crippen LogP contribution in [-0.2, 0) is 29.4 Å². The van der Waals surface area contributed by atoms with Gasteiger partial charge in [-0.15, -0.1) is 0 Å². The van der Waals surface area contributed by atoms with Gasteiger partial charge in [-0.25, -0.2) is 4.98 Å². The first-order chi connectivity index (χ1) is 46.4. The van der Waals surface area contributed by atoms with Crippen molar-refractivity contribution in [2.45, 2.75) is 150 Å². The largest absolute Gasteiger partial charge is 0.507 e. The van der Waals surface area contributed by atoms with Crippen LogP contribution in [-0.4, -0.2) is 108 Å². The quantitative estimate of drug-likeness (QED) is 0.0252. The molecule has 9 fully saturated rings. The van der Waals surface area contributed by atoms with Gasteiger partial charge >= 0.3 is 0 Å². The number of aromatic amines is 2. The second-order valence-electron chi connectivity index (χ2n) is 30.7. The molecule has 0 unspecified atom stereocenters. The van der Waals surface area contributed by atoms with Crippen molar-refractivity contribution in [1.82, 2.24) is 30.9 Å². The monoisotopic (exact) mass is 1310 g/mol. The summed E-state index contributed by atoms with van der Waals surface area (Å²) in [7, 11) is 4.23. The van der Waals surface area contributed by atoms with Gasteiger partial charge < -0.3 is 61.3 Å².